The van der Waals surface area contributed by atoms with Gasteiger partial charge in [0, 0.05) is 11.6 Å². The van der Waals surface area contributed by atoms with E-state index in [1.807, 2.05) is 25.1 Å². The van der Waals surface area contributed by atoms with Crippen LogP contribution in [0.15, 0.2) is 42.5 Å². The molecule has 0 aliphatic heterocycles. The zero-order valence-electron chi connectivity index (χ0n) is 13.1. The van der Waals surface area contributed by atoms with E-state index in [2.05, 4.69) is 0 Å². The standard InChI is InChI=1S/C17H17NO5/c1-11-5-4-6-14(9-11)22-13(3)17(19)23-15-7-8-16(18(20)21)12(2)10-15/h4-10,13H,1-3H3/t13-/m1/s1. The summed E-state index contributed by atoms with van der Waals surface area (Å²) in [7, 11) is 0. The van der Waals surface area contributed by atoms with Crippen molar-refractivity contribution in [1.29, 1.82) is 0 Å². The van der Waals surface area contributed by atoms with Gasteiger partial charge in [-0.05, 0) is 50.6 Å². The van der Waals surface area contributed by atoms with Crippen molar-refractivity contribution in [3.05, 3.63) is 63.7 Å². The lowest BCUT2D eigenvalue weighted by Gasteiger charge is -2.14. The van der Waals surface area contributed by atoms with Crippen LogP contribution in [-0.4, -0.2) is 17.0 Å². The van der Waals surface area contributed by atoms with Gasteiger partial charge in [-0.25, -0.2) is 4.79 Å². The molecule has 0 spiro atoms. The fourth-order valence-electron chi connectivity index (χ4n) is 2.04. The predicted molar refractivity (Wildman–Crippen MR) is 84.7 cm³/mol. The fourth-order valence-corrected chi connectivity index (χ4v) is 2.04. The molecule has 0 saturated heterocycles. The molecule has 0 amide bonds. The molecule has 2 rings (SSSR count). The number of carbonyl (C=O) groups excluding carboxylic acids is 1. The lowest BCUT2D eigenvalue weighted by molar-refractivity contribution is -0.385. The Balaban J connectivity index is 2.03. The number of hydrogen-bond donors (Lipinski definition) is 0. The third-order valence-corrected chi connectivity index (χ3v) is 3.22. The molecule has 0 aromatic heterocycles. The third-order valence-electron chi connectivity index (χ3n) is 3.22. The number of aryl methyl sites for hydroxylation is 2. The van der Waals surface area contributed by atoms with E-state index in [4.69, 9.17) is 9.47 Å². The van der Waals surface area contributed by atoms with E-state index in [-0.39, 0.29) is 11.4 Å². The van der Waals surface area contributed by atoms with Crippen molar-refractivity contribution in [2.24, 2.45) is 0 Å². The second kappa shape index (κ2) is 6.91. The molecule has 0 heterocycles. The zero-order chi connectivity index (χ0) is 17.0. The summed E-state index contributed by atoms with van der Waals surface area (Å²) in [5.74, 6) is 0.256. The highest BCUT2D eigenvalue weighted by molar-refractivity contribution is 5.77. The fraction of sp³-hybridized carbons (Fsp3) is 0.235. The molecular weight excluding hydrogens is 298 g/mol. The average molecular weight is 315 g/mol. The monoisotopic (exact) mass is 315 g/mol. The van der Waals surface area contributed by atoms with Crippen molar-refractivity contribution in [3.63, 3.8) is 0 Å². The molecule has 1 atom stereocenters. The highest BCUT2D eigenvalue weighted by atomic mass is 16.6. The molecule has 6 heteroatoms. The largest absolute Gasteiger partial charge is 0.479 e. The van der Waals surface area contributed by atoms with Gasteiger partial charge in [-0.1, -0.05) is 12.1 Å². The summed E-state index contributed by atoms with van der Waals surface area (Å²) in [6, 6.07) is 11.5. The molecule has 0 aliphatic rings. The first-order valence-corrected chi connectivity index (χ1v) is 7.07. The van der Waals surface area contributed by atoms with Gasteiger partial charge in [-0.15, -0.1) is 0 Å². The van der Waals surface area contributed by atoms with Crippen LogP contribution in [0.1, 0.15) is 18.1 Å². The third kappa shape index (κ3) is 4.29. The summed E-state index contributed by atoms with van der Waals surface area (Å²) in [6.07, 6.45) is -0.799. The van der Waals surface area contributed by atoms with Gasteiger partial charge in [-0.3, -0.25) is 10.1 Å². The van der Waals surface area contributed by atoms with Crippen LogP contribution in [0.3, 0.4) is 0 Å². The normalized spacial score (nSPS) is 11.6. The summed E-state index contributed by atoms with van der Waals surface area (Å²) in [5, 5.41) is 10.8. The van der Waals surface area contributed by atoms with Gasteiger partial charge in [0.25, 0.3) is 5.69 Å². The molecule has 0 fully saturated rings. The number of nitrogens with zero attached hydrogens (tertiary/aromatic N) is 1. The van der Waals surface area contributed by atoms with E-state index in [0.717, 1.165) is 5.56 Å². The summed E-state index contributed by atoms with van der Waals surface area (Å²) < 4.78 is 10.7. The van der Waals surface area contributed by atoms with E-state index in [9.17, 15) is 14.9 Å². The maximum Gasteiger partial charge on any atom is 0.352 e. The highest BCUT2D eigenvalue weighted by Crippen LogP contribution is 2.23. The van der Waals surface area contributed by atoms with Crippen molar-refractivity contribution in [3.8, 4) is 11.5 Å². The maximum absolute atomic E-state index is 12.1. The predicted octanol–water partition coefficient (Wildman–Crippen LogP) is 3.58. The number of benzene rings is 2. The molecule has 23 heavy (non-hydrogen) atoms. The molecule has 0 bridgehead atoms. The molecule has 0 unspecified atom stereocenters. The van der Waals surface area contributed by atoms with Crippen LogP contribution >= 0.6 is 0 Å². The van der Waals surface area contributed by atoms with Gasteiger partial charge in [-0.2, -0.15) is 0 Å². The number of carbonyl (C=O) groups is 1. The summed E-state index contributed by atoms with van der Waals surface area (Å²) in [6.45, 7) is 5.10. The smallest absolute Gasteiger partial charge is 0.352 e. The molecule has 6 nitrogen and oxygen atoms in total. The van der Waals surface area contributed by atoms with E-state index < -0.39 is 17.0 Å². The first-order valence-electron chi connectivity index (χ1n) is 7.07. The van der Waals surface area contributed by atoms with Crippen LogP contribution in [0, 0.1) is 24.0 Å². The van der Waals surface area contributed by atoms with Gasteiger partial charge in [0.1, 0.15) is 11.5 Å². The Kier molecular flexibility index (Phi) is 4.95. The minimum absolute atomic E-state index is 0.0196. The molecule has 0 N–H and O–H groups in total. The SMILES string of the molecule is Cc1cccc(O[C@H](C)C(=O)Oc2ccc([N+](=O)[O-])c(C)c2)c1. The minimum Gasteiger partial charge on any atom is -0.479 e. The number of rotatable bonds is 5. The minimum atomic E-state index is -0.799. The van der Waals surface area contributed by atoms with Crippen molar-refractivity contribution >= 4 is 11.7 Å². The molecule has 0 radical (unpaired) electrons. The Morgan fingerprint density at radius 2 is 1.87 bits per heavy atom. The molecule has 120 valence electrons. The van der Waals surface area contributed by atoms with Crippen LogP contribution in [0.2, 0.25) is 0 Å². The average Bonchev–Trinajstić information content (AvgIpc) is 2.46. The summed E-state index contributed by atoms with van der Waals surface area (Å²) in [4.78, 5) is 22.3. The Morgan fingerprint density at radius 3 is 2.48 bits per heavy atom. The summed E-state index contributed by atoms with van der Waals surface area (Å²) >= 11 is 0. The zero-order valence-corrected chi connectivity index (χ0v) is 13.1. The first-order chi connectivity index (χ1) is 10.9. The van der Waals surface area contributed by atoms with Crippen molar-refractivity contribution in [1.82, 2.24) is 0 Å². The Morgan fingerprint density at radius 1 is 1.13 bits per heavy atom. The quantitative estimate of drug-likeness (QED) is 0.365. The van der Waals surface area contributed by atoms with Gasteiger partial charge in [0.2, 0.25) is 0 Å². The maximum atomic E-state index is 12.1. The second-order valence-electron chi connectivity index (χ2n) is 5.20. The number of hydrogen-bond acceptors (Lipinski definition) is 5. The molecular formula is C17H17NO5. The Bertz CT molecular complexity index is 742. The lowest BCUT2D eigenvalue weighted by Crippen LogP contribution is -2.28. The Hall–Kier alpha value is -2.89. The van der Waals surface area contributed by atoms with E-state index in [1.165, 1.54) is 18.2 Å². The number of nitro groups is 1. The van der Waals surface area contributed by atoms with Crippen LogP contribution < -0.4 is 9.47 Å². The molecule has 0 saturated carbocycles. The second-order valence-corrected chi connectivity index (χ2v) is 5.20. The lowest BCUT2D eigenvalue weighted by atomic mass is 10.2. The van der Waals surface area contributed by atoms with E-state index >= 15 is 0 Å². The van der Waals surface area contributed by atoms with Gasteiger partial charge in [0.15, 0.2) is 6.10 Å². The van der Waals surface area contributed by atoms with Crippen molar-refractivity contribution in [2.75, 3.05) is 0 Å². The highest BCUT2D eigenvalue weighted by Gasteiger charge is 2.19. The van der Waals surface area contributed by atoms with E-state index in [0.29, 0.717) is 11.3 Å². The summed E-state index contributed by atoms with van der Waals surface area (Å²) in [5.41, 5.74) is 1.43. The number of esters is 1. The van der Waals surface area contributed by atoms with Crippen LogP contribution in [0.25, 0.3) is 0 Å². The molecule has 2 aromatic rings. The van der Waals surface area contributed by atoms with Crippen molar-refractivity contribution < 1.29 is 19.2 Å². The molecule has 2 aromatic carbocycles. The number of ether oxygens (including phenoxy) is 2. The van der Waals surface area contributed by atoms with Crippen LogP contribution in [0.5, 0.6) is 11.5 Å². The number of nitro benzene ring substituents is 1. The first kappa shape index (κ1) is 16.5. The van der Waals surface area contributed by atoms with Crippen LogP contribution in [0.4, 0.5) is 5.69 Å². The Labute approximate surface area is 133 Å². The van der Waals surface area contributed by atoms with Crippen molar-refractivity contribution in [2.45, 2.75) is 26.9 Å². The molecule has 0 aliphatic carbocycles. The van der Waals surface area contributed by atoms with Gasteiger partial charge in [0.05, 0.1) is 4.92 Å². The topological polar surface area (TPSA) is 78.7 Å². The van der Waals surface area contributed by atoms with E-state index in [1.54, 1.807) is 19.9 Å². The van der Waals surface area contributed by atoms with Gasteiger partial charge >= 0.3 is 5.97 Å². The van der Waals surface area contributed by atoms with Crippen LogP contribution in [-0.2, 0) is 4.79 Å². The van der Waals surface area contributed by atoms with Gasteiger partial charge < -0.3 is 9.47 Å².